The summed E-state index contributed by atoms with van der Waals surface area (Å²) in [5.41, 5.74) is 2.09. The maximum atomic E-state index is 13.2. The van der Waals surface area contributed by atoms with Crippen molar-refractivity contribution >= 4 is 17.6 Å². The predicted octanol–water partition coefficient (Wildman–Crippen LogP) is 4.43. The SMILES string of the molecule is O=C(NC(Cc1ccccc1Cl)c1ccccc1)N1CC2CCC1C(CO)C2. The van der Waals surface area contributed by atoms with Crippen LogP contribution < -0.4 is 5.32 Å². The molecular weight excluding hydrogens is 372 g/mol. The second-order valence-corrected chi connectivity index (χ2v) is 8.46. The van der Waals surface area contributed by atoms with E-state index in [0.29, 0.717) is 12.3 Å². The summed E-state index contributed by atoms with van der Waals surface area (Å²) in [7, 11) is 0. The lowest BCUT2D eigenvalue weighted by molar-refractivity contribution is 0.00327. The van der Waals surface area contributed by atoms with Crippen molar-refractivity contribution < 1.29 is 9.90 Å². The van der Waals surface area contributed by atoms with Gasteiger partial charge in [-0.3, -0.25) is 0 Å². The second-order valence-electron chi connectivity index (χ2n) is 8.05. The molecule has 1 aliphatic carbocycles. The van der Waals surface area contributed by atoms with E-state index in [2.05, 4.69) is 5.32 Å². The average molecular weight is 399 g/mol. The van der Waals surface area contributed by atoms with E-state index in [1.807, 2.05) is 59.5 Å². The summed E-state index contributed by atoms with van der Waals surface area (Å²) in [5, 5.41) is 13.7. The van der Waals surface area contributed by atoms with Crippen LogP contribution in [0.1, 0.15) is 36.4 Å². The maximum absolute atomic E-state index is 13.2. The molecule has 28 heavy (non-hydrogen) atoms. The molecule has 0 radical (unpaired) electrons. The molecule has 2 N–H and O–H groups in total. The largest absolute Gasteiger partial charge is 0.396 e. The average Bonchev–Trinajstić information content (AvgIpc) is 2.75. The number of urea groups is 1. The lowest BCUT2D eigenvalue weighted by Crippen LogP contribution is -2.58. The van der Waals surface area contributed by atoms with Crippen molar-refractivity contribution in [1.29, 1.82) is 0 Å². The van der Waals surface area contributed by atoms with Gasteiger partial charge in [-0.1, -0.05) is 60.1 Å². The Morgan fingerprint density at radius 3 is 2.61 bits per heavy atom. The van der Waals surface area contributed by atoms with E-state index in [1.54, 1.807) is 0 Å². The van der Waals surface area contributed by atoms with E-state index in [4.69, 9.17) is 11.6 Å². The van der Waals surface area contributed by atoms with Crippen LogP contribution in [0.3, 0.4) is 0 Å². The smallest absolute Gasteiger partial charge is 0.318 e. The monoisotopic (exact) mass is 398 g/mol. The molecule has 4 atom stereocenters. The Bertz CT molecular complexity index is 813. The van der Waals surface area contributed by atoms with Crippen LogP contribution in [0, 0.1) is 11.8 Å². The molecule has 3 aliphatic rings. The second kappa shape index (κ2) is 8.54. The lowest BCUT2D eigenvalue weighted by atomic mass is 9.73. The number of piperidine rings is 2. The highest BCUT2D eigenvalue weighted by Gasteiger charge is 2.42. The quantitative estimate of drug-likeness (QED) is 0.782. The van der Waals surface area contributed by atoms with Gasteiger partial charge in [-0.25, -0.2) is 4.79 Å². The van der Waals surface area contributed by atoms with Gasteiger partial charge in [0.25, 0.3) is 0 Å². The molecule has 2 aromatic rings. The van der Waals surface area contributed by atoms with Gasteiger partial charge in [-0.15, -0.1) is 0 Å². The van der Waals surface area contributed by atoms with Gasteiger partial charge in [0.05, 0.1) is 6.04 Å². The van der Waals surface area contributed by atoms with E-state index < -0.39 is 0 Å². The highest BCUT2D eigenvalue weighted by Crippen LogP contribution is 2.39. The summed E-state index contributed by atoms with van der Waals surface area (Å²) in [6.07, 6.45) is 3.82. The van der Waals surface area contributed by atoms with Crippen LogP contribution in [0.4, 0.5) is 4.79 Å². The molecular formula is C23H27ClN2O2. The third kappa shape index (κ3) is 4.03. The van der Waals surface area contributed by atoms with Crippen LogP contribution in [-0.2, 0) is 6.42 Å². The van der Waals surface area contributed by atoms with Gasteiger partial charge < -0.3 is 15.3 Å². The number of aliphatic hydroxyl groups is 1. The minimum atomic E-state index is -0.151. The predicted molar refractivity (Wildman–Crippen MR) is 111 cm³/mol. The van der Waals surface area contributed by atoms with Gasteiger partial charge in [0.1, 0.15) is 0 Å². The topological polar surface area (TPSA) is 52.6 Å². The van der Waals surface area contributed by atoms with E-state index in [1.165, 1.54) is 0 Å². The zero-order valence-electron chi connectivity index (χ0n) is 15.9. The Morgan fingerprint density at radius 2 is 1.89 bits per heavy atom. The third-order valence-corrected chi connectivity index (χ3v) is 6.65. The van der Waals surface area contributed by atoms with Crippen LogP contribution in [0.15, 0.2) is 54.6 Å². The Kier molecular flexibility index (Phi) is 5.88. The first kappa shape index (κ1) is 19.3. The third-order valence-electron chi connectivity index (χ3n) is 6.28. The number of hydrogen-bond acceptors (Lipinski definition) is 2. The molecule has 2 heterocycles. The van der Waals surface area contributed by atoms with Gasteiger partial charge >= 0.3 is 6.03 Å². The van der Waals surface area contributed by atoms with Crippen molar-refractivity contribution in [2.75, 3.05) is 13.2 Å². The number of halogens is 1. The number of amides is 2. The van der Waals surface area contributed by atoms with Gasteiger partial charge in [0.2, 0.25) is 0 Å². The summed E-state index contributed by atoms with van der Waals surface area (Å²) in [6.45, 7) is 0.952. The standard InChI is InChI=1S/C23H27ClN2O2/c24-20-9-5-4-8-18(20)13-21(17-6-2-1-3-7-17)25-23(28)26-14-16-10-11-22(26)19(12-16)15-27/h1-9,16,19,21-22,27H,10-15H2,(H,25,28). The zero-order valence-corrected chi connectivity index (χ0v) is 16.7. The molecule has 3 fully saturated rings. The number of fused-ring (bicyclic) bond motifs is 3. The van der Waals surface area contributed by atoms with E-state index >= 15 is 0 Å². The summed E-state index contributed by atoms with van der Waals surface area (Å²) in [6, 6.07) is 17.8. The summed E-state index contributed by atoms with van der Waals surface area (Å²) in [5.74, 6) is 0.712. The molecule has 2 amide bonds. The van der Waals surface area contributed by atoms with Crippen molar-refractivity contribution in [3.8, 4) is 0 Å². The molecule has 1 saturated carbocycles. The van der Waals surface area contributed by atoms with Crippen molar-refractivity contribution in [2.45, 2.75) is 37.8 Å². The number of nitrogens with one attached hydrogen (secondary N) is 1. The van der Waals surface area contributed by atoms with Crippen LogP contribution in [0.5, 0.6) is 0 Å². The van der Waals surface area contributed by atoms with E-state index in [-0.39, 0.29) is 30.6 Å². The number of carbonyl (C=O) groups excluding carboxylic acids is 1. The van der Waals surface area contributed by atoms with Crippen molar-refractivity contribution in [3.05, 3.63) is 70.7 Å². The lowest BCUT2D eigenvalue weighted by Gasteiger charge is -2.49. The van der Waals surface area contributed by atoms with Gasteiger partial charge in [0.15, 0.2) is 0 Å². The molecule has 2 aliphatic heterocycles. The minimum Gasteiger partial charge on any atom is -0.396 e. The normalized spacial score (nSPS) is 24.8. The number of carbonyl (C=O) groups is 1. The number of aliphatic hydroxyl groups excluding tert-OH is 1. The molecule has 5 rings (SSSR count). The molecule has 2 aromatic carbocycles. The van der Waals surface area contributed by atoms with E-state index in [0.717, 1.165) is 42.0 Å². The Hall–Kier alpha value is -2.04. The first-order valence-corrected chi connectivity index (χ1v) is 10.5. The van der Waals surface area contributed by atoms with Gasteiger partial charge in [-0.05, 0) is 48.8 Å². The number of nitrogens with zero attached hydrogens (tertiary/aromatic N) is 1. The molecule has 148 valence electrons. The summed E-state index contributed by atoms with van der Waals surface area (Å²) in [4.78, 5) is 15.2. The fourth-order valence-electron chi connectivity index (χ4n) is 4.82. The molecule has 0 spiro atoms. The Morgan fingerprint density at radius 1 is 1.14 bits per heavy atom. The van der Waals surface area contributed by atoms with Crippen LogP contribution in [0.25, 0.3) is 0 Å². The first-order chi connectivity index (χ1) is 13.7. The molecule has 4 nitrogen and oxygen atoms in total. The van der Waals surface area contributed by atoms with Crippen LogP contribution in [0.2, 0.25) is 5.02 Å². The van der Waals surface area contributed by atoms with Gasteiger partial charge in [-0.2, -0.15) is 0 Å². The van der Waals surface area contributed by atoms with Gasteiger partial charge in [0, 0.05) is 30.1 Å². The number of rotatable bonds is 5. The van der Waals surface area contributed by atoms with Crippen LogP contribution in [-0.4, -0.2) is 35.2 Å². The Balaban J connectivity index is 1.54. The molecule has 2 bridgehead atoms. The zero-order chi connectivity index (χ0) is 19.5. The molecule has 0 aromatic heterocycles. The summed E-state index contributed by atoms with van der Waals surface area (Å²) < 4.78 is 0. The minimum absolute atomic E-state index is 0.0336. The highest BCUT2D eigenvalue weighted by atomic mass is 35.5. The summed E-state index contributed by atoms with van der Waals surface area (Å²) >= 11 is 6.38. The Labute approximate surface area is 171 Å². The highest BCUT2D eigenvalue weighted by molar-refractivity contribution is 6.31. The van der Waals surface area contributed by atoms with Crippen LogP contribution >= 0.6 is 11.6 Å². The van der Waals surface area contributed by atoms with Crippen molar-refractivity contribution in [3.63, 3.8) is 0 Å². The first-order valence-electron chi connectivity index (χ1n) is 10.1. The molecule has 2 saturated heterocycles. The molecule has 4 unspecified atom stereocenters. The molecule has 5 heteroatoms. The van der Waals surface area contributed by atoms with Crippen molar-refractivity contribution in [2.24, 2.45) is 11.8 Å². The number of hydrogen-bond donors (Lipinski definition) is 2. The maximum Gasteiger partial charge on any atom is 0.318 e. The number of benzene rings is 2. The van der Waals surface area contributed by atoms with Crippen molar-refractivity contribution in [1.82, 2.24) is 10.2 Å². The fraction of sp³-hybridized carbons (Fsp3) is 0.435. The fourth-order valence-corrected chi connectivity index (χ4v) is 5.03. The van der Waals surface area contributed by atoms with E-state index in [9.17, 15) is 9.90 Å².